The van der Waals surface area contributed by atoms with E-state index in [4.69, 9.17) is 0 Å². The zero-order valence-electron chi connectivity index (χ0n) is 9.63. The van der Waals surface area contributed by atoms with Crippen molar-refractivity contribution in [1.29, 1.82) is 0 Å². The molecule has 0 unspecified atom stereocenters. The quantitative estimate of drug-likeness (QED) is 0.717. The fourth-order valence-electron chi connectivity index (χ4n) is 1.77. The van der Waals surface area contributed by atoms with E-state index in [1.54, 1.807) is 0 Å². The Balaban J connectivity index is 2.13. The van der Waals surface area contributed by atoms with Crippen molar-refractivity contribution in [2.45, 2.75) is 32.7 Å². The summed E-state index contributed by atoms with van der Waals surface area (Å²) in [5.74, 6) is 0. The molecule has 0 atom stereocenters. The van der Waals surface area contributed by atoms with E-state index in [-0.39, 0.29) is 0 Å². The number of rotatable bonds is 5. The Morgan fingerprint density at radius 3 is 2.69 bits per heavy atom. The summed E-state index contributed by atoms with van der Waals surface area (Å²) >= 11 is 0. The minimum Gasteiger partial charge on any atom is -0.245 e. The van der Waals surface area contributed by atoms with Crippen LogP contribution < -0.4 is 0 Å². The molecule has 0 saturated heterocycles. The Kier molecular flexibility index (Phi) is 3.70. The largest absolute Gasteiger partial charge is 0.245 e. The van der Waals surface area contributed by atoms with Crippen molar-refractivity contribution in [1.82, 2.24) is 15.0 Å². The summed E-state index contributed by atoms with van der Waals surface area (Å²) in [6.07, 6.45) is 5.48. The molecule has 1 aromatic carbocycles. The number of hydrogen-bond donors (Lipinski definition) is 0. The second kappa shape index (κ2) is 5.45. The van der Waals surface area contributed by atoms with Gasteiger partial charge in [0.15, 0.2) is 0 Å². The van der Waals surface area contributed by atoms with E-state index in [0.717, 1.165) is 12.2 Å². The van der Waals surface area contributed by atoms with Gasteiger partial charge in [-0.2, -0.15) is 0 Å². The molecule has 1 aromatic heterocycles. The Morgan fingerprint density at radius 2 is 1.94 bits per heavy atom. The average Bonchev–Trinajstić information content (AvgIpc) is 2.79. The predicted octanol–water partition coefficient (Wildman–Crippen LogP) is 3.14. The second-order valence-corrected chi connectivity index (χ2v) is 3.92. The van der Waals surface area contributed by atoms with Gasteiger partial charge in [0, 0.05) is 12.1 Å². The van der Waals surface area contributed by atoms with E-state index in [1.807, 2.05) is 29.1 Å². The topological polar surface area (TPSA) is 30.7 Å². The lowest BCUT2D eigenvalue weighted by molar-refractivity contribution is 0.541. The molecule has 1 heterocycles. The molecule has 0 aliphatic carbocycles. The van der Waals surface area contributed by atoms with Crippen LogP contribution in [0.25, 0.3) is 11.3 Å². The van der Waals surface area contributed by atoms with E-state index in [0.29, 0.717) is 0 Å². The Hall–Kier alpha value is -1.64. The Labute approximate surface area is 96.1 Å². The lowest BCUT2D eigenvalue weighted by Gasteiger charge is -2.05. The van der Waals surface area contributed by atoms with Crippen LogP contribution in [0, 0.1) is 0 Å². The van der Waals surface area contributed by atoms with Gasteiger partial charge in [0.05, 0.1) is 11.9 Å². The highest BCUT2D eigenvalue weighted by atomic mass is 15.4. The summed E-state index contributed by atoms with van der Waals surface area (Å²) in [5.41, 5.74) is 2.29. The van der Waals surface area contributed by atoms with Gasteiger partial charge in [-0.1, -0.05) is 55.3 Å². The van der Waals surface area contributed by atoms with Crippen LogP contribution >= 0.6 is 0 Å². The lowest BCUT2D eigenvalue weighted by Crippen LogP contribution is -2.02. The molecule has 0 fully saturated rings. The van der Waals surface area contributed by atoms with E-state index in [1.165, 1.54) is 24.8 Å². The summed E-state index contributed by atoms with van der Waals surface area (Å²) in [7, 11) is 0. The third-order valence-corrected chi connectivity index (χ3v) is 2.66. The maximum Gasteiger partial charge on any atom is 0.0885 e. The zero-order chi connectivity index (χ0) is 11.2. The highest BCUT2D eigenvalue weighted by Gasteiger charge is 2.04. The minimum atomic E-state index is 0.956. The normalized spacial score (nSPS) is 10.6. The highest BCUT2D eigenvalue weighted by Crippen LogP contribution is 2.17. The molecule has 0 N–H and O–H groups in total. The number of aromatic nitrogens is 3. The van der Waals surface area contributed by atoms with Crippen molar-refractivity contribution >= 4 is 0 Å². The van der Waals surface area contributed by atoms with Crippen LogP contribution in [0.5, 0.6) is 0 Å². The standard InChI is InChI=1S/C13H17N3/c1-2-3-7-10-16-13(11-14-15-16)12-8-5-4-6-9-12/h4-6,8-9,11H,2-3,7,10H2,1H3. The number of benzene rings is 1. The van der Waals surface area contributed by atoms with Crippen molar-refractivity contribution in [3.8, 4) is 11.3 Å². The van der Waals surface area contributed by atoms with Crippen molar-refractivity contribution in [3.63, 3.8) is 0 Å². The van der Waals surface area contributed by atoms with Crippen LogP contribution in [0.4, 0.5) is 0 Å². The van der Waals surface area contributed by atoms with Crippen LogP contribution in [0.1, 0.15) is 26.2 Å². The fourth-order valence-corrected chi connectivity index (χ4v) is 1.77. The van der Waals surface area contributed by atoms with E-state index >= 15 is 0 Å². The number of hydrogen-bond acceptors (Lipinski definition) is 2. The van der Waals surface area contributed by atoms with Gasteiger partial charge in [-0.05, 0) is 6.42 Å². The van der Waals surface area contributed by atoms with Crippen LogP contribution in [0.15, 0.2) is 36.5 Å². The summed E-state index contributed by atoms with van der Waals surface area (Å²) in [4.78, 5) is 0. The third-order valence-electron chi connectivity index (χ3n) is 2.66. The smallest absolute Gasteiger partial charge is 0.0885 e. The summed E-state index contributed by atoms with van der Waals surface area (Å²) in [6.45, 7) is 3.16. The van der Waals surface area contributed by atoms with Gasteiger partial charge >= 0.3 is 0 Å². The fraction of sp³-hybridized carbons (Fsp3) is 0.385. The van der Waals surface area contributed by atoms with Gasteiger partial charge in [0.25, 0.3) is 0 Å². The molecule has 0 aliphatic heterocycles. The highest BCUT2D eigenvalue weighted by molar-refractivity contribution is 5.57. The van der Waals surface area contributed by atoms with Gasteiger partial charge in [-0.3, -0.25) is 0 Å². The molecule has 16 heavy (non-hydrogen) atoms. The maximum atomic E-state index is 4.13. The molecule has 0 radical (unpaired) electrons. The Bertz CT molecular complexity index is 420. The summed E-state index contributed by atoms with van der Waals surface area (Å²) in [6, 6.07) is 10.3. The first kappa shape index (κ1) is 10.9. The van der Waals surface area contributed by atoms with Gasteiger partial charge in [0.2, 0.25) is 0 Å². The van der Waals surface area contributed by atoms with Gasteiger partial charge in [-0.25, -0.2) is 4.68 Å². The molecule has 0 amide bonds. The molecule has 84 valence electrons. The van der Waals surface area contributed by atoms with Crippen molar-refractivity contribution < 1.29 is 0 Å². The summed E-state index contributed by atoms with van der Waals surface area (Å²) in [5, 5.41) is 8.12. The van der Waals surface area contributed by atoms with E-state index in [2.05, 4.69) is 29.4 Å². The van der Waals surface area contributed by atoms with Gasteiger partial charge in [-0.15, -0.1) is 5.10 Å². The minimum absolute atomic E-state index is 0.956. The van der Waals surface area contributed by atoms with E-state index < -0.39 is 0 Å². The first-order valence-corrected chi connectivity index (χ1v) is 5.85. The lowest BCUT2D eigenvalue weighted by atomic mass is 10.1. The number of aryl methyl sites for hydroxylation is 1. The van der Waals surface area contributed by atoms with Crippen LogP contribution in [-0.4, -0.2) is 15.0 Å². The zero-order valence-corrected chi connectivity index (χ0v) is 9.63. The van der Waals surface area contributed by atoms with Crippen LogP contribution in [0.3, 0.4) is 0 Å². The second-order valence-electron chi connectivity index (χ2n) is 3.92. The summed E-state index contributed by atoms with van der Waals surface area (Å²) < 4.78 is 1.99. The van der Waals surface area contributed by atoms with Gasteiger partial charge < -0.3 is 0 Å². The average molecular weight is 215 g/mol. The number of unbranched alkanes of at least 4 members (excludes halogenated alkanes) is 2. The predicted molar refractivity (Wildman–Crippen MR) is 65.0 cm³/mol. The van der Waals surface area contributed by atoms with Crippen LogP contribution in [-0.2, 0) is 6.54 Å². The number of nitrogens with zero attached hydrogens (tertiary/aromatic N) is 3. The molecule has 3 heteroatoms. The maximum absolute atomic E-state index is 4.13. The SMILES string of the molecule is CCCCCn1nncc1-c1ccccc1. The first-order chi connectivity index (χ1) is 7.92. The first-order valence-electron chi connectivity index (χ1n) is 5.85. The molecular weight excluding hydrogens is 198 g/mol. The van der Waals surface area contributed by atoms with Crippen molar-refractivity contribution in [2.75, 3.05) is 0 Å². The monoisotopic (exact) mass is 215 g/mol. The molecular formula is C13H17N3. The third kappa shape index (κ3) is 2.48. The van der Waals surface area contributed by atoms with Crippen LogP contribution in [0.2, 0.25) is 0 Å². The van der Waals surface area contributed by atoms with Crippen molar-refractivity contribution in [3.05, 3.63) is 36.5 Å². The van der Waals surface area contributed by atoms with Crippen molar-refractivity contribution in [2.24, 2.45) is 0 Å². The molecule has 0 bridgehead atoms. The molecule has 0 saturated carbocycles. The Morgan fingerprint density at radius 1 is 1.12 bits per heavy atom. The molecule has 2 rings (SSSR count). The molecule has 0 aliphatic rings. The van der Waals surface area contributed by atoms with E-state index in [9.17, 15) is 0 Å². The van der Waals surface area contributed by atoms with Gasteiger partial charge in [0.1, 0.15) is 0 Å². The molecule has 2 aromatic rings. The molecule has 3 nitrogen and oxygen atoms in total. The molecule has 0 spiro atoms.